The SMILES string of the molecule is CCCCOCCNC(=O)c1cc(Cl)nc(CCC)c1. The Bertz CT molecular complexity index is 424. The minimum absolute atomic E-state index is 0.134. The molecular weight excluding hydrogens is 276 g/mol. The molecule has 0 radical (unpaired) electrons. The number of unbranched alkanes of at least 4 members (excludes halogenated alkanes) is 1. The van der Waals surface area contributed by atoms with Crippen LogP contribution in [0, 0.1) is 0 Å². The van der Waals surface area contributed by atoms with Crippen LogP contribution in [0.2, 0.25) is 5.15 Å². The van der Waals surface area contributed by atoms with Crippen LogP contribution in [0.5, 0.6) is 0 Å². The van der Waals surface area contributed by atoms with Crippen LogP contribution in [0.15, 0.2) is 12.1 Å². The molecule has 4 nitrogen and oxygen atoms in total. The summed E-state index contributed by atoms with van der Waals surface area (Å²) in [7, 11) is 0. The molecule has 1 N–H and O–H groups in total. The molecule has 0 fully saturated rings. The van der Waals surface area contributed by atoms with Crippen LogP contribution in [-0.4, -0.2) is 30.6 Å². The van der Waals surface area contributed by atoms with Crippen molar-refractivity contribution in [1.29, 1.82) is 0 Å². The third-order valence-electron chi connectivity index (χ3n) is 2.79. The lowest BCUT2D eigenvalue weighted by Crippen LogP contribution is -2.27. The summed E-state index contributed by atoms with van der Waals surface area (Å²) < 4.78 is 5.39. The number of amides is 1. The van der Waals surface area contributed by atoms with Gasteiger partial charge in [0.1, 0.15) is 5.15 Å². The van der Waals surface area contributed by atoms with Crippen LogP contribution >= 0.6 is 11.6 Å². The number of ether oxygens (including phenoxy) is 1. The van der Waals surface area contributed by atoms with Gasteiger partial charge < -0.3 is 10.1 Å². The second kappa shape index (κ2) is 9.72. The van der Waals surface area contributed by atoms with Crippen LogP contribution in [0.25, 0.3) is 0 Å². The fraction of sp³-hybridized carbons (Fsp3) is 0.600. The highest BCUT2D eigenvalue weighted by atomic mass is 35.5. The number of halogens is 1. The predicted molar refractivity (Wildman–Crippen MR) is 81.3 cm³/mol. The van der Waals surface area contributed by atoms with Crippen LogP contribution < -0.4 is 5.32 Å². The lowest BCUT2D eigenvalue weighted by Gasteiger charge is -2.08. The lowest BCUT2D eigenvalue weighted by atomic mass is 10.1. The number of carbonyl (C=O) groups excluding carboxylic acids is 1. The van der Waals surface area contributed by atoms with E-state index in [1.807, 2.05) is 0 Å². The van der Waals surface area contributed by atoms with Gasteiger partial charge in [-0.25, -0.2) is 4.98 Å². The highest BCUT2D eigenvalue weighted by molar-refractivity contribution is 6.29. The molecule has 1 aromatic heterocycles. The van der Waals surface area contributed by atoms with E-state index in [1.54, 1.807) is 12.1 Å². The minimum Gasteiger partial charge on any atom is -0.380 e. The van der Waals surface area contributed by atoms with E-state index in [4.69, 9.17) is 16.3 Å². The fourth-order valence-corrected chi connectivity index (χ4v) is 1.98. The maximum atomic E-state index is 12.0. The van der Waals surface area contributed by atoms with Gasteiger partial charge in [-0.05, 0) is 25.0 Å². The molecule has 20 heavy (non-hydrogen) atoms. The summed E-state index contributed by atoms with van der Waals surface area (Å²) in [4.78, 5) is 16.2. The van der Waals surface area contributed by atoms with Crippen molar-refractivity contribution in [1.82, 2.24) is 10.3 Å². The van der Waals surface area contributed by atoms with E-state index in [9.17, 15) is 4.79 Å². The Morgan fingerprint density at radius 1 is 1.30 bits per heavy atom. The van der Waals surface area contributed by atoms with Gasteiger partial charge in [0.15, 0.2) is 0 Å². The first-order valence-corrected chi connectivity index (χ1v) is 7.57. The Hall–Kier alpha value is -1.13. The Labute approximate surface area is 125 Å². The van der Waals surface area contributed by atoms with E-state index >= 15 is 0 Å². The Kier molecular flexibility index (Phi) is 8.23. The molecule has 0 saturated carbocycles. The number of rotatable bonds is 9. The first-order chi connectivity index (χ1) is 9.67. The fourth-order valence-electron chi connectivity index (χ4n) is 1.75. The largest absolute Gasteiger partial charge is 0.380 e. The van der Waals surface area contributed by atoms with Crippen LogP contribution in [0.4, 0.5) is 0 Å². The number of carbonyl (C=O) groups is 1. The van der Waals surface area contributed by atoms with E-state index < -0.39 is 0 Å². The molecule has 0 aromatic carbocycles. The number of aryl methyl sites for hydroxylation is 1. The number of aromatic nitrogens is 1. The van der Waals surface area contributed by atoms with Crippen LogP contribution in [-0.2, 0) is 11.2 Å². The molecule has 1 amide bonds. The van der Waals surface area contributed by atoms with Crippen LogP contribution in [0.3, 0.4) is 0 Å². The van der Waals surface area contributed by atoms with Gasteiger partial charge in [0.2, 0.25) is 0 Å². The number of hydrogen-bond acceptors (Lipinski definition) is 3. The summed E-state index contributed by atoms with van der Waals surface area (Å²) in [6.45, 7) is 5.97. The van der Waals surface area contributed by atoms with Crippen molar-refractivity contribution in [3.63, 3.8) is 0 Å². The van der Waals surface area contributed by atoms with Gasteiger partial charge >= 0.3 is 0 Å². The molecule has 0 aliphatic heterocycles. The smallest absolute Gasteiger partial charge is 0.251 e. The van der Waals surface area contributed by atoms with E-state index in [1.165, 1.54) is 0 Å². The summed E-state index contributed by atoms with van der Waals surface area (Å²) in [5.74, 6) is -0.134. The average Bonchev–Trinajstić information content (AvgIpc) is 2.42. The summed E-state index contributed by atoms with van der Waals surface area (Å²) in [6, 6.07) is 3.39. The summed E-state index contributed by atoms with van der Waals surface area (Å²) in [6.07, 6.45) is 3.96. The number of hydrogen-bond donors (Lipinski definition) is 1. The number of nitrogens with zero attached hydrogens (tertiary/aromatic N) is 1. The van der Waals surface area contributed by atoms with Crippen molar-refractivity contribution in [2.24, 2.45) is 0 Å². The molecule has 0 bridgehead atoms. The molecule has 0 aliphatic carbocycles. The molecule has 0 unspecified atom stereocenters. The van der Waals surface area contributed by atoms with Gasteiger partial charge in [-0.3, -0.25) is 4.79 Å². The molecule has 1 aromatic rings. The van der Waals surface area contributed by atoms with Crippen molar-refractivity contribution in [3.05, 3.63) is 28.5 Å². The van der Waals surface area contributed by atoms with Crippen molar-refractivity contribution in [2.45, 2.75) is 39.5 Å². The molecule has 0 spiro atoms. The molecule has 112 valence electrons. The Morgan fingerprint density at radius 2 is 2.10 bits per heavy atom. The Morgan fingerprint density at radius 3 is 2.80 bits per heavy atom. The second-order valence-corrected chi connectivity index (χ2v) is 5.03. The van der Waals surface area contributed by atoms with Gasteiger partial charge in [0.05, 0.1) is 6.61 Å². The zero-order valence-electron chi connectivity index (χ0n) is 12.2. The first-order valence-electron chi connectivity index (χ1n) is 7.19. The maximum Gasteiger partial charge on any atom is 0.251 e. The van der Waals surface area contributed by atoms with E-state index in [2.05, 4.69) is 24.1 Å². The van der Waals surface area contributed by atoms with E-state index in [0.717, 1.165) is 38.0 Å². The summed E-state index contributed by atoms with van der Waals surface area (Å²) >= 11 is 5.93. The summed E-state index contributed by atoms with van der Waals surface area (Å²) in [5, 5.41) is 3.18. The molecule has 0 saturated heterocycles. The van der Waals surface area contributed by atoms with Gasteiger partial charge in [-0.15, -0.1) is 0 Å². The van der Waals surface area contributed by atoms with Gasteiger partial charge in [-0.1, -0.05) is 38.3 Å². The number of nitrogens with one attached hydrogen (secondary N) is 1. The molecular formula is C15H23ClN2O2. The third kappa shape index (κ3) is 6.35. The third-order valence-corrected chi connectivity index (χ3v) is 2.98. The molecule has 0 aliphatic rings. The van der Waals surface area contributed by atoms with E-state index in [-0.39, 0.29) is 5.91 Å². The van der Waals surface area contributed by atoms with Gasteiger partial charge in [-0.2, -0.15) is 0 Å². The second-order valence-electron chi connectivity index (χ2n) is 4.64. The highest BCUT2D eigenvalue weighted by Crippen LogP contribution is 2.12. The van der Waals surface area contributed by atoms with Crippen LogP contribution in [0.1, 0.15) is 49.2 Å². The minimum atomic E-state index is -0.134. The summed E-state index contributed by atoms with van der Waals surface area (Å²) in [5.41, 5.74) is 1.41. The zero-order valence-corrected chi connectivity index (χ0v) is 13.0. The van der Waals surface area contributed by atoms with Crippen molar-refractivity contribution in [3.8, 4) is 0 Å². The standard InChI is InChI=1S/C15H23ClN2O2/c1-3-5-8-20-9-7-17-15(19)12-10-13(6-4-2)18-14(16)11-12/h10-11H,3-9H2,1-2H3,(H,17,19). The zero-order chi connectivity index (χ0) is 14.8. The van der Waals surface area contributed by atoms with E-state index in [0.29, 0.717) is 23.9 Å². The first kappa shape index (κ1) is 16.9. The monoisotopic (exact) mass is 298 g/mol. The molecule has 0 atom stereocenters. The van der Waals surface area contributed by atoms with Crippen molar-refractivity contribution in [2.75, 3.05) is 19.8 Å². The molecule has 1 rings (SSSR count). The van der Waals surface area contributed by atoms with Gasteiger partial charge in [0.25, 0.3) is 5.91 Å². The highest BCUT2D eigenvalue weighted by Gasteiger charge is 2.08. The topological polar surface area (TPSA) is 51.2 Å². The van der Waals surface area contributed by atoms with Crippen molar-refractivity contribution < 1.29 is 9.53 Å². The van der Waals surface area contributed by atoms with Crippen molar-refractivity contribution >= 4 is 17.5 Å². The number of pyridine rings is 1. The Balaban J connectivity index is 2.42. The quantitative estimate of drug-likeness (QED) is 0.562. The van der Waals surface area contributed by atoms with Gasteiger partial charge in [0, 0.05) is 24.4 Å². The average molecular weight is 299 g/mol. The normalized spacial score (nSPS) is 10.6. The molecule has 5 heteroatoms. The maximum absolute atomic E-state index is 12.0. The lowest BCUT2D eigenvalue weighted by molar-refractivity contribution is 0.0912. The predicted octanol–water partition coefficient (Wildman–Crippen LogP) is 3.23. The molecule has 1 heterocycles.